The highest BCUT2D eigenvalue weighted by Crippen LogP contribution is 2.13. The van der Waals surface area contributed by atoms with Gasteiger partial charge in [0.2, 0.25) is 0 Å². The molecule has 0 saturated carbocycles. The SMILES string of the molecule is Cn1cnc2cc(C(=O)NN)ccc21. The largest absolute Gasteiger partial charge is 0.334 e. The third kappa shape index (κ3) is 1.23. The summed E-state index contributed by atoms with van der Waals surface area (Å²) in [5.74, 6) is 4.72. The number of benzene rings is 1. The molecule has 0 aliphatic heterocycles. The normalized spacial score (nSPS) is 10.4. The lowest BCUT2D eigenvalue weighted by atomic mass is 10.2. The molecule has 5 heteroatoms. The quantitative estimate of drug-likeness (QED) is 0.382. The van der Waals surface area contributed by atoms with Crippen molar-refractivity contribution < 1.29 is 4.79 Å². The Kier molecular flexibility index (Phi) is 1.94. The van der Waals surface area contributed by atoms with Gasteiger partial charge in [-0.25, -0.2) is 10.8 Å². The van der Waals surface area contributed by atoms with E-state index in [4.69, 9.17) is 5.84 Å². The number of nitrogen functional groups attached to an aromatic ring is 1. The average molecular weight is 190 g/mol. The highest BCUT2D eigenvalue weighted by Gasteiger charge is 2.06. The number of carbonyl (C=O) groups is 1. The van der Waals surface area contributed by atoms with Crippen LogP contribution in [-0.2, 0) is 7.05 Å². The first kappa shape index (κ1) is 8.71. The van der Waals surface area contributed by atoms with E-state index in [-0.39, 0.29) is 5.91 Å². The minimum Gasteiger partial charge on any atom is -0.334 e. The number of fused-ring (bicyclic) bond motifs is 1. The zero-order chi connectivity index (χ0) is 10.1. The molecule has 1 heterocycles. The molecule has 0 aliphatic carbocycles. The number of nitrogens with zero attached hydrogens (tertiary/aromatic N) is 2. The molecule has 2 rings (SSSR count). The van der Waals surface area contributed by atoms with Crippen LogP contribution in [-0.4, -0.2) is 15.5 Å². The summed E-state index contributed by atoms with van der Waals surface area (Å²) in [5.41, 5.74) is 4.36. The molecule has 1 aromatic heterocycles. The van der Waals surface area contributed by atoms with Crippen LogP contribution in [0, 0.1) is 0 Å². The van der Waals surface area contributed by atoms with Crippen LogP contribution in [0.1, 0.15) is 10.4 Å². The van der Waals surface area contributed by atoms with E-state index in [1.165, 1.54) is 0 Å². The van der Waals surface area contributed by atoms with E-state index in [0.29, 0.717) is 5.56 Å². The minimum atomic E-state index is -0.308. The number of nitrogens with one attached hydrogen (secondary N) is 1. The molecule has 0 fully saturated rings. The van der Waals surface area contributed by atoms with Crippen molar-refractivity contribution in [1.82, 2.24) is 15.0 Å². The van der Waals surface area contributed by atoms with Crippen LogP contribution < -0.4 is 11.3 Å². The second-order valence-corrected chi connectivity index (χ2v) is 3.03. The van der Waals surface area contributed by atoms with E-state index in [1.807, 2.05) is 17.7 Å². The van der Waals surface area contributed by atoms with E-state index < -0.39 is 0 Å². The summed E-state index contributed by atoms with van der Waals surface area (Å²) < 4.78 is 1.89. The standard InChI is InChI=1S/C9H10N4O/c1-13-5-11-7-4-6(9(14)12-10)2-3-8(7)13/h2-5H,10H2,1H3,(H,12,14). The van der Waals surface area contributed by atoms with Gasteiger partial charge in [-0.15, -0.1) is 0 Å². The van der Waals surface area contributed by atoms with Gasteiger partial charge in [-0.05, 0) is 18.2 Å². The first-order chi connectivity index (χ1) is 6.72. The molecule has 3 N–H and O–H groups in total. The number of rotatable bonds is 1. The Hall–Kier alpha value is -1.88. The predicted octanol–water partition coefficient (Wildman–Crippen LogP) is 0.177. The Labute approximate surface area is 80.5 Å². The maximum Gasteiger partial charge on any atom is 0.265 e. The van der Waals surface area contributed by atoms with Gasteiger partial charge in [0.1, 0.15) is 0 Å². The molecule has 0 spiro atoms. The Bertz CT molecular complexity index is 489. The Morgan fingerprint density at radius 3 is 3.07 bits per heavy atom. The molecule has 2 aromatic rings. The fourth-order valence-electron chi connectivity index (χ4n) is 1.36. The second kappa shape index (κ2) is 3.12. The number of hydrogen-bond donors (Lipinski definition) is 2. The number of hydrogen-bond acceptors (Lipinski definition) is 3. The lowest BCUT2D eigenvalue weighted by Gasteiger charge is -1.99. The van der Waals surface area contributed by atoms with Crippen LogP contribution in [0.15, 0.2) is 24.5 Å². The summed E-state index contributed by atoms with van der Waals surface area (Å²) in [5, 5.41) is 0. The van der Waals surface area contributed by atoms with Gasteiger partial charge in [0, 0.05) is 12.6 Å². The predicted molar refractivity (Wildman–Crippen MR) is 52.4 cm³/mol. The molecule has 5 nitrogen and oxygen atoms in total. The fraction of sp³-hybridized carbons (Fsp3) is 0.111. The van der Waals surface area contributed by atoms with Gasteiger partial charge in [0.05, 0.1) is 17.4 Å². The highest BCUT2D eigenvalue weighted by molar-refractivity contribution is 5.96. The average Bonchev–Trinajstić information content (AvgIpc) is 2.59. The van der Waals surface area contributed by atoms with Crippen molar-refractivity contribution in [2.24, 2.45) is 12.9 Å². The number of aromatic nitrogens is 2. The number of aryl methyl sites for hydroxylation is 1. The third-order valence-corrected chi connectivity index (χ3v) is 2.12. The lowest BCUT2D eigenvalue weighted by Crippen LogP contribution is -2.29. The first-order valence-electron chi connectivity index (χ1n) is 4.14. The van der Waals surface area contributed by atoms with Crippen molar-refractivity contribution in [2.75, 3.05) is 0 Å². The zero-order valence-electron chi connectivity index (χ0n) is 7.69. The van der Waals surface area contributed by atoms with Gasteiger partial charge >= 0.3 is 0 Å². The number of nitrogens with two attached hydrogens (primary N) is 1. The summed E-state index contributed by atoms with van der Waals surface area (Å²) in [6, 6.07) is 5.26. The third-order valence-electron chi connectivity index (χ3n) is 2.12. The molecular formula is C9H10N4O. The fourth-order valence-corrected chi connectivity index (χ4v) is 1.36. The molecule has 0 aliphatic rings. The Balaban J connectivity index is 2.57. The van der Waals surface area contributed by atoms with Crippen molar-refractivity contribution in [1.29, 1.82) is 0 Å². The first-order valence-corrected chi connectivity index (χ1v) is 4.14. The summed E-state index contributed by atoms with van der Waals surface area (Å²) in [6.45, 7) is 0. The van der Waals surface area contributed by atoms with Gasteiger partial charge in [0.25, 0.3) is 5.91 Å². The summed E-state index contributed by atoms with van der Waals surface area (Å²) >= 11 is 0. The van der Waals surface area contributed by atoms with E-state index in [9.17, 15) is 4.79 Å². The van der Waals surface area contributed by atoms with Gasteiger partial charge in [0.15, 0.2) is 0 Å². The summed E-state index contributed by atoms with van der Waals surface area (Å²) in [7, 11) is 1.90. The molecule has 0 saturated heterocycles. The van der Waals surface area contributed by atoms with Crippen LogP contribution in [0.2, 0.25) is 0 Å². The maximum atomic E-state index is 11.2. The molecule has 0 bridgehead atoms. The monoisotopic (exact) mass is 190 g/mol. The molecule has 0 unspecified atom stereocenters. The van der Waals surface area contributed by atoms with Crippen LogP contribution in [0.4, 0.5) is 0 Å². The van der Waals surface area contributed by atoms with Crippen molar-refractivity contribution in [3.8, 4) is 0 Å². The Morgan fingerprint density at radius 1 is 1.57 bits per heavy atom. The van der Waals surface area contributed by atoms with Gasteiger partial charge < -0.3 is 4.57 Å². The zero-order valence-corrected chi connectivity index (χ0v) is 7.69. The van der Waals surface area contributed by atoms with Crippen molar-refractivity contribution in [3.05, 3.63) is 30.1 Å². The van der Waals surface area contributed by atoms with Gasteiger partial charge in [-0.3, -0.25) is 10.2 Å². The molecule has 14 heavy (non-hydrogen) atoms. The van der Waals surface area contributed by atoms with Crippen LogP contribution >= 0.6 is 0 Å². The van der Waals surface area contributed by atoms with E-state index >= 15 is 0 Å². The van der Waals surface area contributed by atoms with E-state index in [0.717, 1.165) is 11.0 Å². The Morgan fingerprint density at radius 2 is 2.36 bits per heavy atom. The highest BCUT2D eigenvalue weighted by atomic mass is 16.2. The number of amides is 1. The maximum absolute atomic E-state index is 11.2. The smallest absolute Gasteiger partial charge is 0.265 e. The number of imidazole rings is 1. The van der Waals surface area contributed by atoms with Gasteiger partial charge in [-0.1, -0.05) is 0 Å². The molecule has 1 amide bonds. The van der Waals surface area contributed by atoms with Crippen molar-refractivity contribution in [3.63, 3.8) is 0 Å². The minimum absolute atomic E-state index is 0.308. The van der Waals surface area contributed by atoms with Crippen LogP contribution in [0.3, 0.4) is 0 Å². The lowest BCUT2D eigenvalue weighted by molar-refractivity contribution is 0.0954. The van der Waals surface area contributed by atoms with Crippen LogP contribution in [0.5, 0.6) is 0 Å². The van der Waals surface area contributed by atoms with E-state index in [1.54, 1.807) is 18.5 Å². The summed E-state index contributed by atoms with van der Waals surface area (Å²) in [4.78, 5) is 15.3. The molecular weight excluding hydrogens is 180 g/mol. The number of carbonyl (C=O) groups excluding carboxylic acids is 1. The molecule has 0 radical (unpaired) electrons. The second-order valence-electron chi connectivity index (χ2n) is 3.03. The summed E-state index contributed by atoms with van der Waals surface area (Å²) in [6.07, 6.45) is 1.70. The van der Waals surface area contributed by atoms with E-state index in [2.05, 4.69) is 10.4 Å². The molecule has 1 aromatic carbocycles. The van der Waals surface area contributed by atoms with Crippen LogP contribution in [0.25, 0.3) is 11.0 Å². The molecule has 72 valence electrons. The molecule has 0 atom stereocenters. The van der Waals surface area contributed by atoms with Gasteiger partial charge in [-0.2, -0.15) is 0 Å². The van der Waals surface area contributed by atoms with Crippen molar-refractivity contribution in [2.45, 2.75) is 0 Å². The van der Waals surface area contributed by atoms with Crippen molar-refractivity contribution >= 4 is 16.9 Å². The topological polar surface area (TPSA) is 72.9 Å². The number of hydrazine groups is 1.